The molecule has 2 atom stereocenters. The first-order valence-corrected chi connectivity index (χ1v) is 11.8. The molecule has 174 valence electrons. The number of benzene rings is 2. The summed E-state index contributed by atoms with van der Waals surface area (Å²) in [4.78, 5) is 24.0. The van der Waals surface area contributed by atoms with Gasteiger partial charge in [-0.2, -0.15) is 11.3 Å². The van der Waals surface area contributed by atoms with Gasteiger partial charge in [-0.25, -0.2) is 0 Å². The Labute approximate surface area is 198 Å². The molecular formula is C26H29NO5S. The first-order chi connectivity index (χ1) is 15.8. The Balaban J connectivity index is 1.99. The Bertz CT molecular complexity index is 1110. The summed E-state index contributed by atoms with van der Waals surface area (Å²) in [5.41, 5.74) is 9.47. The number of carbonyl (C=O) groups is 2. The number of carbonyl (C=O) groups excluding carboxylic acids is 1. The molecule has 3 aromatic rings. The standard InChI is InChI=1S/C26H29NO5S/c1-4-19(26(29)30)12-22(21-8-6-5-7-16(21)2)32-23-13-20(11-17(3)24(23)25(27)28)31-14-18-9-10-33-15-18/h5-11,13,15,19,22H,4,12,14H2,1-3H3,(H2,27,28)(H,29,30). The number of hydrogen-bond acceptors (Lipinski definition) is 5. The van der Waals surface area contributed by atoms with Gasteiger partial charge in [-0.3, -0.25) is 9.59 Å². The predicted octanol–water partition coefficient (Wildman–Crippen LogP) is 5.66. The molecule has 33 heavy (non-hydrogen) atoms. The van der Waals surface area contributed by atoms with Crippen LogP contribution < -0.4 is 15.2 Å². The third-order valence-electron chi connectivity index (χ3n) is 5.65. The van der Waals surface area contributed by atoms with Gasteiger partial charge >= 0.3 is 5.97 Å². The van der Waals surface area contributed by atoms with E-state index in [1.165, 1.54) is 0 Å². The number of amides is 1. The molecule has 0 radical (unpaired) electrons. The average Bonchev–Trinajstić information content (AvgIpc) is 3.28. The average molecular weight is 468 g/mol. The Morgan fingerprint density at radius 2 is 1.88 bits per heavy atom. The van der Waals surface area contributed by atoms with Crippen LogP contribution in [0.3, 0.4) is 0 Å². The second-order valence-corrected chi connectivity index (χ2v) is 8.82. The molecule has 1 amide bonds. The van der Waals surface area contributed by atoms with Crippen LogP contribution in [0, 0.1) is 19.8 Å². The molecule has 0 saturated heterocycles. The summed E-state index contributed by atoms with van der Waals surface area (Å²) < 4.78 is 12.3. The highest BCUT2D eigenvalue weighted by Crippen LogP contribution is 2.36. The Morgan fingerprint density at radius 1 is 1.12 bits per heavy atom. The zero-order valence-electron chi connectivity index (χ0n) is 19.0. The minimum atomic E-state index is -0.876. The summed E-state index contributed by atoms with van der Waals surface area (Å²) in [6.07, 6.45) is 0.150. The molecule has 0 bridgehead atoms. The maximum Gasteiger partial charge on any atom is 0.306 e. The third kappa shape index (κ3) is 6.14. The number of carboxylic acids is 1. The fraction of sp³-hybridized carbons (Fsp3) is 0.308. The molecule has 0 aliphatic heterocycles. The van der Waals surface area contributed by atoms with Gasteiger partial charge in [0, 0.05) is 12.5 Å². The molecule has 6 nitrogen and oxygen atoms in total. The number of rotatable bonds is 11. The van der Waals surface area contributed by atoms with Gasteiger partial charge in [0.25, 0.3) is 5.91 Å². The Kier molecular flexibility index (Phi) is 8.11. The molecule has 0 aliphatic rings. The van der Waals surface area contributed by atoms with Gasteiger partial charge in [0.2, 0.25) is 0 Å². The van der Waals surface area contributed by atoms with Crippen LogP contribution in [-0.4, -0.2) is 17.0 Å². The van der Waals surface area contributed by atoms with E-state index in [-0.39, 0.29) is 17.7 Å². The first-order valence-electron chi connectivity index (χ1n) is 10.8. The molecule has 1 aromatic heterocycles. The van der Waals surface area contributed by atoms with Crippen LogP contribution in [0.1, 0.15) is 58.5 Å². The number of aryl methyl sites for hydroxylation is 2. The van der Waals surface area contributed by atoms with Crippen molar-refractivity contribution in [2.75, 3.05) is 0 Å². The van der Waals surface area contributed by atoms with Crippen LogP contribution in [0.4, 0.5) is 0 Å². The molecule has 0 aliphatic carbocycles. The smallest absolute Gasteiger partial charge is 0.306 e. The minimum absolute atomic E-state index is 0.258. The van der Waals surface area contributed by atoms with Crippen molar-refractivity contribution >= 4 is 23.2 Å². The van der Waals surface area contributed by atoms with Crippen molar-refractivity contribution in [1.82, 2.24) is 0 Å². The molecular weight excluding hydrogens is 438 g/mol. The van der Waals surface area contributed by atoms with Gasteiger partial charge in [0.05, 0.1) is 11.5 Å². The normalized spacial score (nSPS) is 12.7. The summed E-state index contributed by atoms with van der Waals surface area (Å²) in [5, 5.41) is 13.6. The summed E-state index contributed by atoms with van der Waals surface area (Å²) in [6.45, 7) is 5.95. The molecule has 0 saturated carbocycles. The molecule has 0 spiro atoms. The van der Waals surface area contributed by atoms with Crippen LogP contribution in [0.25, 0.3) is 0 Å². The van der Waals surface area contributed by atoms with Crippen LogP contribution in [-0.2, 0) is 11.4 Å². The molecule has 7 heteroatoms. The summed E-state index contributed by atoms with van der Waals surface area (Å²) in [7, 11) is 0. The predicted molar refractivity (Wildman–Crippen MR) is 129 cm³/mol. The van der Waals surface area contributed by atoms with Gasteiger partial charge < -0.3 is 20.3 Å². The van der Waals surface area contributed by atoms with E-state index in [1.807, 2.05) is 54.9 Å². The second-order valence-electron chi connectivity index (χ2n) is 8.04. The number of thiophene rings is 1. The number of primary amides is 1. The number of carboxylic acid groups (broad SMARTS) is 1. The van der Waals surface area contributed by atoms with Crippen LogP contribution >= 0.6 is 11.3 Å². The zero-order chi connectivity index (χ0) is 24.0. The molecule has 2 aromatic carbocycles. The van der Waals surface area contributed by atoms with Crippen molar-refractivity contribution in [2.24, 2.45) is 11.7 Å². The van der Waals surface area contributed by atoms with Crippen LogP contribution in [0.5, 0.6) is 11.5 Å². The Hall–Kier alpha value is -3.32. The van der Waals surface area contributed by atoms with Gasteiger partial charge in [-0.1, -0.05) is 31.2 Å². The van der Waals surface area contributed by atoms with Crippen LogP contribution in [0.15, 0.2) is 53.2 Å². The van der Waals surface area contributed by atoms with Crippen molar-refractivity contribution in [3.05, 3.63) is 81.0 Å². The fourth-order valence-electron chi connectivity index (χ4n) is 3.80. The van der Waals surface area contributed by atoms with E-state index < -0.39 is 23.9 Å². The number of aliphatic carboxylic acids is 1. The quantitative estimate of drug-likeness (QED) is 0.379. The van der Waals surface area contributed by atoms with E-state index in [4.69, 9.17) is 15.2 Å². The van der Waals surface area contributed by atoms with E-state index in [9.17, 15) is 14.7 Å². The van der Waals surface area contributed by atoms with Gasteiger partial charge in [0.1, 0.15) is 24.2 Å². The number of ether oxygens (including phenoxy) is 2. The van der Waals surface area contributed by atoms with Gasteiger partial charge in [-0.05, 0) is 65.4 Å². The van der Waals surface area contributed by atoms with Crippen molar-refractivity contribution in [3.8, 4) is 11.5 Å². The maximum atomic E-state index is 12.3. The summed E-state index contributed by atoms with van der Waals surface area (Å²) in [6, 6.07) is 13.1. The number of hydrogen-bond donors (Lipinski definition) is 2. The van der Waals surface area contributed by atoms with Crippen molar-refractivity contribution in [3.63, 3.8) is 0 Å². The Morgan fingerprint density at radius 3 is 2.48 bits per heavy atom. The van der Waals surface area contributed by atoms with E-state index >= 15 is 0 Å². The fourth-order valence-corrected chi connectivity index (χ4v) is 4.45. The second kappa shape index (κ2) is 11.0. The van der Waals surface area contributed by atoms with E-state index in [2.05, 4.69) is 0 Å². The molecule has 3 N–H and O–H groups in total. The van der Waals surface area contributed by atoms with Gasteiger partial charge in [0.15, 0.2) is 0 Å². The summed E-state index contributed by atoms with van der Waals surface area (Å²) in [5.74, 6) is -1.24. The molecule has 1 heterocycles. The van der Waals surface area contributed by atoms with E-state index in [0.717, 1.165) is 16.7 Å². The van der Waals surface area contributed by atoms with Crippen molar-refractivity contribution < 1.29 is 24.2 Å². The van der Waals surface area contributed by atoms with Gasteiger partial charge in [-0.15, -0.1) is 0 Å². The monoisotopic (exact) mass is 467 g/mol. The third-order valence-corrected chi connectivity index (χ3v) is 6.38. The first kappa shape index (κ1) is 24.3. The lowest BCUT2D eigenvalue weighted by molar-refractivity contribution is -0.142. The lowest BCUT2D eigenvalue weighted by atomic mass is 9.92. The largest absolute Gasteiger partial charge is 0.489 e. The summed E-state index contributed by atoms with van der Waals surface area (Å²) >= 11 is 1.59. The molecule has 3 rings (SSSR count). The van der Waals surface area contributed by atoms with E-state index in [1.54, 1.807) is 30.4 Å². The highest BCUT2D eigenvalue weighted by Gasteiger charge is 2.27. The van der Waals surface area contributed by atoms with Crippen LogP contribution in [0.2, 0.25) is 0 Å². The lowest BCUT2D eigenvalue weighted by Crippen LogP contribution is -2.22. The number of nitrogens with two attached hydrogens (primary N) is 1. The topological polar surface area (TPSA) is 98.9 Å². The molecule has 0 fully saturated rings. The maximum absolute atomic E-state index is 12.3. The van der Waals surface area contributed by atoms with Crippen molar-refractivity contribution in [2.45, 2.75) is 46.3 Å². The minimum Gasteiger partial charge on any atom is -0.489 e. The van der Waals surface area contributed by atoms with Crippen molar-refractivity contribution in [1.29, 1.82) is 0 Å². The zero-order valence-corrected chi connectivity index (χ0v) is 19.9. The van der Waals surface area contributed by atoms with E-state index in [0.29, 0.717) is 24.3 Å². The molecule has 2 unspecified atom stereocenters. The SMILES string of the molecule is CCC(CC(Oc1cc(OCc2ccsc2)cc(C)c1C(N)=O)c1ccccc1C)C(=O)O. The highest BCUT2D eigenvalue weighted by molar-refractivity contribution is 7.07. The highest BCUT2D eigenvalue weighted by atomic mass is 32.1. The lowest BCUT2D eigenvalue weighted by Gasteiger charge is -2.25.